The Labute approximate surface area is 190 Å². The second kappa shape index (κ2) is 8.88. The monoisotopic (exact) mass is 484 g/mol. The third-order valence-electron chi connectivity index (χ3n) is 5.63. The fraction of sp³-hybridized carbons (Fsp3) is 0.304. The summed E-state index contributed by atoms with van der Waals surface area (Å²) in [7, 11) is 0. The SMILES string of the molecule is Cc1cc([C@@H]2[C@H](c3ccccn3)NC(=S)N2CCCO)c(C)n1-c1ccc(Br)cc1. The molecule has 4 rings (SSSR count). The lowest BCUT2D eigenvalue weighted by Gasteiger charge is -2.28. The van der Waals surface area contributed by atoms with Gasteiger partial charge in [-0.1, -0.05) is 22.0 Å². The van der Waals surface area contributed by atoms with Gasteiger partial charge in [0.1, 0.15) is 0 Å². The molecule has 0 spiro atoms. The molecule has 156 valence electrons. The second-order valence-corrected chi connectivity index (χ2v) is 8.84. The number of thiocarbonyl (C=S) groups is 1. The highest BCUT2D eigenvalue weighted by molar-refractivity contribution is 9.10. The summed E-state index contributed by atoms with van der Waals surface area (Å²) in [4.78, 5) is 6.80. The lowest BCUT2D eigenvalue weighted by molar-refractivity contribution is 0.247. The Bertz CT molecular complexity index is 1040. The fourth-order valence-electron chi connectivity index (χ4n) is 4.30. The summed E-state index contributed by atoms with van der Waals surface area (Å²) in [5.74, 6) is 0. The molecular formula is C23H25BrN4OS. The summed E-state index contributed by atoms with van der Waals surface area (Å²) in [5, 5.41) is 13.6. The maximum atomic E-state index is 9.42. The first-order chi connectivity index (χ1) is 14.5. The Morgan fingerprint density at radius 2 is 1.93 bits per heavy atom. The predicted molar refractivity (Wildman–Crippen MR) is 127 cm³/mol. The first kappa shape index (κ1) is 21.0. The summed E-state index contributed by atoms with van der Waals surface area (Å²) in [6.07, 6.45) is 2.48. The summed E-state index contributed by atoms with van der Waals surface area (Å²) in [5.41, 5.74) is 5.66. The first-order valence-electron chi connectivity index (χ1n) is 10.0. The zero-order chi connectivity index (χ0) is 21.3. The van der Waals surface area contributed by atoms with Gasteiger partial charge in [0, 0.05) is 40.9 Å². The highest BCUT2D eigenvalue weighted by Crippen LogP contribution is 2.41. The molecule has 1 aliphatic heterocycles. The molecule has 7 heteroatoms. The van der Waals surface area contributed by atoms with Crippen LogP contribution < -0.4 is 5.32 Å². The zero-order valence-corrected chi connectivity index (χ0v) is 19.4. The average molecular weight is 485 g/mol. The topological polar surface area (TPSA) is 53.3 Å². The number of aliphatic hydroxyl groups excluding tert-OH is 1. The van der Waals surface area contributed by atoms with Crippen LogP contribution in [0.1, 0.15) is 41.1 Å². The standard InChI is InChI=1S/C23H25BrN4OS/c1-15-14-19(16(2)28(15)18-9-7-17(24)8-10-18)22-21(20-6-3-4-11-25-20)26-23(30)27(22)12-5-13-29/h3-4,6-11,14,21-22,29H,5,12-13H2,1-2H3,(H,26,30)/t21-,22+/m0/s1. The van der Waals surface area contributed by atoms with Crippen molar-refractivity contribution in [2.24, 2.45) is 0 Å². The van der Waals surface area contributed by atoms with Crippen molar-refractivity contribution < 1.29 is 5.11 Å². The molecule has 1 aromatic carbocycles. The highest BCUT2D eigenvalue weighted by atomic mass is 79.9. The number of aliphatic hydroxyl groups is 1. The van der Waals surface area contributed by atoms with Crippen molar-refractivity contribution in [1.82, 2.24) is 19.8 Å². The smallest absolute Gasteiger partial charge is 0.170 e. The van der Waals surface area contributed by atoms with Gasteiger partial charge >= 0.3 is 0 Å². The van der Waals surface area contributed by atoms with Gasteiger partial charge in [0.2, 0.25) is 0 Å². The third-order valence-corrected chi connectivity index (χ3v) is 6.51. The molecule has 2 atom stereocenters. The molecule has 0 bridgehead atoms. The molecule has 5 nitrogen and oxygen atoms in total. The van der Waals surface area contributed by atoms with Crippen molar-refractivity contribution in [1.29, 1.82) is 0 Å². The van der Waals surface area contributed by atoms with E-state index in [-0.39, 0.29) is 18.7 Å². The number of benzene rings is 1. The number of hydrogen-bond acceptors (Lipinski definition) is 3. The van der Waals surface area contributed by atoms with Crippen LogP contribution in [0, 0.1) is 13.8 Å². The van der Waals surface area contributed by atoms with Crippen LogP contribution >= 0.6 is 28.1 Å². The van der Waals surface area contributed by atoms with Gasteiger partial charge in [-0.05, 0) is 80.5 Å². The van der Waals surface area contributed by atoms with E-state index in [1.54, 1.807) is 0 Å². The van der Waals surface area contributed by atoms with E-state index in [9.17, 15) is 5.11 Å². The van der Waals surface area contributed by atoms with Gasteiger partial charge in [-0.2, -0.15) is 0 Å². The number of nitrogens with zero attached hydrogens (tertiary/aromatic N) is 3. The summed E-state index contributed by atoms with van der Waals surface area (Å²) >= 11 is 9.21. The quantitative estimate of drug-likeness (QED) is 0.500. The van der Waals surface area contributed by atoms with Crippen LogP contribution in [0.5, 0.6) is 0 Å². The Morgan fingerprint density at radius 3 is 2.60 bits per heavy atom. The number of aryl methyl sites for hydroxylation is 1. The van der Waals surface area contributed by atoms with Crippen molar-refractivity contribution in [3.8, 4) is 5.69 Å². The van der Waals surface area contributed by atoms with Gasteiger partial charge < -0.3 is 19.9 Å². The van der Waals surface area contributed by atoms with Crippen molar-refractivity contribution in [2.45, 2.75) is 32.4 Å². The summed E-state index contributed by atoms with van der Waals surface area (Å²) in [6.45, 7) is 5.12. The molecule has 0 unspecified atom stereocenters. The molecule has 2 aromatic heterocycles. The van der Waals surface area contributed by atoms with Gasteiger partial charge in [0.25, 0.3) is 0 Å². The molecule has 3 heterocycles. The molecular weight excluding hydrogens is 460 g/mol. The maximum absolute atomic E-state index is 9.42. The first-order valence-corrected chi connectivity index (χ1v) is 11.2. The van der Waals surface area contributed by atoms with Crippen LogP contribution in [0.15, 0.2) is 59.2 Å². The Kier molecular flexibility index (Phi) is 6.22. The van der Waals surface area contributed by atoms with Crippen LogP contribution in [-0.2, 0) is 0 Å². The normalized spacial score (nSPS) is 18.7. The molecule has 0 aliphatic carbocycles. The number of pyridine rings is 1. The van der Waals surface area contributed by atoms with Crippen LogP contribution in [-0.4, -0.2) is 37.8 Å². The molecule has 3 aromatic rings. The molecule has 1 saturated heterocycles. The van der Waals surface area contributed by atoms with Crippen LogP contribution in [0.25, 0.3) is 5.69 Å². The van der Waals surface area contributed by atoms with E-state index in [0.29, 0.717) is 18.1 Å². The fourth-order valence-corrected chi connectivity index (χ4v) is 4.90. The van der Waals surface area contributed by atoms with Crippen molar-refractivity contribution in [3.63, 3.8) is 0 Å². The van der Waals surface area contributed by atoms with E-state index in [1.807, 2.05) is 24.4 Å². The molecule has 30 heavy (non-hydrogen) atoms. The lowest BCUT2D eigenvalue weighted by Crippen LogP contribution is -2.31. The van der Waals surface area contributed by atoms with E-state index < -0.39 is 0 Å². The minimum absolute atomic E-state index is 0.00866. The largest absolute Gasteiger partial charge is 0.396 e. The molecule has 0 saturated carbocycles. The number of nitrogens with one attached hydrogen (secondary N) is 1. The van der Waals surface area contributed by atoms with Crippen LogP contribution in [0.2, 0.25) is 0 Å². The number of rotatable bonds is 6. The molecule has 0 radical (unpaired) electrons. The van der Waals surface area contributed by atoms with E-state index in [2.05, 4.69) is 79.9 Å². The lowest BCUT2D eigenvalue weighted by atomic mass is 9.96. The van der Waals surface area contributed by atoms with Gasteiger partial charge in [0.05, 0.1) is 17.8 Å². The van der Waals surface area contributed by atoms with Gasteiger partial charge in [-0.3, -0.25) is 4.98 Å². The zero-order valence-electron chi connectivity index (χ0n) is 17.0. The second-order valence-electron chi connectivity index (χ2n) is 7.54. The Hall–Kier alpha value is -2.22. The van der Waals surface area contributed by atoms with Crippen LogP contribution in [0.4, 0.5) is 0 Å². The number of hydrogen-bond donors (Lipinski definition) is 2. The average Bonchev–Trinajstić information content (AvgIpc) is 3.23. The van der Waals surface area contributed by atoms with Crippen LogP contribution in [0.3, 0.4) is 0 Å². The van der Waals surface area contributed by atoms with Gasteiger partial charge in [-0.15, -0.1) is 0 Å². The number of aromatic nitrogens is 2. The molecule has 2 N–H and O–H groups in total. The van der Waals surface area contributed by atoms with E-state index in [4.69, 9.17) is 12.2 Å². The predicted octanol–water partition coefficient (Wildman–Crippen LogP) is 4.61. The molecule has 1 aliphatic rings. The summed E-state index contributed by atoms with van der Waals surface area (Å²) in [6, 6.07) is 16.5. The van der Waals surface area contributed by atoms with Crippen molar-refractivity contribution in [2.75, 3.05) is 13.2 Å². The van der Waals surface area contributed by atoms with E-state index >= 15 is 0 Å². The molecule has 0 amide bonds. The molecule has 1 fully saturated rings. The van der Waals surface area contributed by atoms with E-state index in [1.165, 1.54) is 17.0 Å². The van der Waals surface area contributed by atoms with Gasteiger partial charge in [-0.25, -0.2) is 0 Å². The van der Waals surface area contributed by atoms with E-state index in [0.717, 1.165) is 15.9 Å². The van der Waals surface area contributed by atoms with Crippen molar-refractivity contribution in [3.05, 3.63) is 81.8 Å². The minimum atomic E-state index is -0.0451. The van der Waals surface area contributed by atoms with Gasteiger partial charge in [0.15, 0.2) is 5.11 Å². The minimum Gasteiger partial charge on any atom is -0.396 e. The van der Waals surface area contributed by atoms with Crippen molar-refractivity contribution >= 4 is 33.3 Å². The Morgan fingerprint density at radius 1 is 1.17 bits per heavy atom. The maximum Gasteiger partial charge on any atom is 0.170 e. The number of halogens is 1. The summed E-state index contributed by atoms with van der Waals surface area (Å²) < 4.78 is 3.34. The highest BCUT2D eigenvalue weighted by Gasteiger charge is 2.41. The Balaban J connectivity index is 1.81. The third kappa shape index (κ3) is 3.89.